The van der Waals surface area contributed by atoms with Gasteiger partial charge in [-0.15, -0.1) is 0 Å². The molecule has 1 N–H and O–H groups in total. The highest BCUT2D eigenvalue weighted by molar-refractivity contribution is 7.91. The lowest BCUT2D eigenvalue weighted by Crippen LogP contribution is -2.20. The Balaban J connectivity index is 2.77. The van der Waals surface area contributed by atoms with Crippen LogP contribution in [0.2, 0.25) is 0 Å². The van der Waals surface area contributed by atoms with Gasteiger partial charge in [-0.2, -0.15) is 0 Å². The summed E-state index contributed by atoms with van der Waals surface area (Å²) in [4.78, 5) is 0.426. The average molecular weight is 269 g/mol. The summed E-state index contributed by atoms with van der Waals surface area (Å²) in [5.41, 5.74) is 1.20. The van der Waals surface area contributed by atoms with E-state index in [0.717, 1.165) is 19.4 Å². The molecular weight excluding hydrogens is 246 g/mol. The third kappa shape index (κ3) is 4.10. The molecule has 18 heavy (non-hydrogen) atoms. The average Bonchev–Trinajstić information content (AvgIpc) is 2.39. The number of rotatable bonds is 7. The second-order valence-electron chi connectivity index (χ2n) is 4.58. The van der Waals surface area contributed by atoms with Gasteiger partial charge in [0.05, 0.1) is 10.6 Å². The minimum Gasteiger partial charge on any atom is -0.319 e. The van der Waals surface area contributed by atoms with E-state index in [4.69, 9.17) is 0 Å². The molecule has 0 saturated heterocycles. The molecule has 1 aromatic rings. The van der Waals surface area contributed by atoms with Crippen molar-refractivity contribution in [2.24, 2.45) is 5.92 Å². The van der Waals surface area contributed by atoms with Crippen LogP contribution in [0, 0.1) is 5.92 Å². The van der Waals surface area contributed by atoms with E-state index in [1.54, 1.807) is 19.1 Å². The lowest BCUT2D eigenvalue weighted by atomic mass is 9.97. The van der Waals surface area contributed by atoms with Crippen LogP contribution < -0.4 is 5.32 Å². The van der Waals surface area contributed by atoms with Crippen LogP contribution in [-0.2, 0) is 16.3 Å². The van der Waals surface area contributed by atoms with Gasteiger partial charge in [0.25, 0.3) is 0 Å². The molecule has 1 rings (SSSR count). The molecule has 0 aliphatic heterocycles. The Labute approximate surface area is 111 Å². The van der Waals surface area contributed by atoms with Crippen molar-refractivity contribution in [1.82, 2.24) is 5.32 Å². The topological polar surface area (TPSA) is 46.2 Å². The summed E-state index contributed by atoms with van der Waals surface area (Å²) in [5.74, 6) is 0.757. The summed E-state index contributed by atoms with van der Waals surface area (Å²) in [6, 6.07) is 7.31. The largest absolute Gasteiger partial charge is 0.319 e. The molecule has 0 saturated carbocycles. The number of benzene rings is 1. The number of hydrogen-bond donors (Lipinski definition) is 1. The third-order valence-corrected chi connectivity index (χ3v) is 5.01. The van der Waals surface area contributed by atoms with E-state index in [-0.39, 0.29) is 5.75 Å². The van der Waals surface area contributed by atoms with Crippen molar-refractivity contribution in [3.05, 3.63) is 29.8 Å². The van der Waals surface area contributed by atoms with Crippen molar-refractivity contribution in [2.75, 3.05) is 19.3 Å². The molecule has 0 heterocycles. The Morgan fingerprint density at radius 3 is 2.22 bits per heavy atom. The van der Waals surface area contributed by atoms with E-state index in [0.29, 0.717) is 10.8 Å². The first kappa shape index (κ1) is 15.2. The van der Waals surface area contributed by atoms with Crippen molar-refractivity contribution in [3.63, 3.8) is 0 Å². The quantitative estimate of drug-likeness (QED) is 0.826. The van der Waals surface area contributed by atoms with Gasteiger partial charge in [0.1, 0.15) is 0 Å². The minimum absolute atomic E-state index is 0.156. The first-order chi connectivity index (χ1) is 8.53. The van der Waals surface area contributed by atoms with E-state index < -0.39 is 9.84 Å². The summed E-state index contributed by atoms with van der Waals surface area (Å²) in [6.07, 6.45) is 2.11. The summed E-state index contributed by atoms with van der Waals surface area (Å²) in [6.45, 7) is 4.84. The van der Waals surface area contributed by atoms with Gasteiger partial charge in [-0.3, -0.25) is 0 Å². The molecule has 0 aromatic heterocycles. The highest BCUT2D eigenvalue weighted by atomic mass is 32.2. The van der Waals surface area contributed by atoms with Gasteiger partial charge in [0.2, 0.25) is 0 Å². The van der Waals surface area contributed by atoms with Crippen molar-refractivity contribution >= 4 is 9.84 Å². The molecule has 0 fully saturated rings. The molecule has 0 amide bonds. The van der Waals surface area contributed by atoms with Crippen LogP contribution in [0.25, 0.3) is 0 Å². The molecule has 1 aromatic carbocycles. The van der Waals surface area contributed by atoms with Crippen molar-refractivity contribution < 1.29 is 8.42 Å². The summed E-state index contributed by atoms with van der Waals surface area (Å²) in [5, 5.41) is 3.19. The van der Waals surface area contributed by atoms with Crippen LogP contribution in [0.5, 0.6) is 0 Å². The van der Waals surface area contributed by atoms with Crippen molar-refractivity contribution in [3.8, 4) is 0 Å². The molecule has 0 radical (unpaired) electrons. The predicted molar refractivity (Wildman–Crippen MR) is 75.6 cm³/mol. The van der Waals surface area contributed by atoms with Crippen LogP contribution >= 0.6 is 0 Å². The summed E-state index contributed by atoms with van der Waals surface area (Å²) in [7, 11) is -1.11. The maximum atomic E-state index is 11.7. The zero-order valence-corrected chi connectivity index (χ0v) is 12.3. The monoisotopic (exact) mass is 269 g/mol. The lowest BCUT2D eigenvalue weighted by Gasteiger charge is -2.14. The Morgan fingerprint density at radius 1 is 1.17 bits per heavy atom. The van der Waals surface area contributed by atoms with Crippen LogP contribution in [0.1, 0.15) is 25.8 Å². The van der Waals surface area contributed by atoms with Gasteiger partial charge in [-0.05, 0) is 43.6 Å². The molecule has 0 spiro atoms. The smallest absolute Gasteiger partial charge is 0.178 e. The standard InChI is InChI=1S/C14H23NO2S/c1-4-12(11-15-3)10-13-6-8-14(9-7-13)18(16,17)5-2/h6-9,12,15H,4-5,10-11H2,1-3H3. The van der Waals surface area contributed by atoms with Gasteiger partial charge >= 0.3 is 0 Å². The highest BCUT2D eigenvalue weighted by Gasteiger charge is 2.12. The Hall–Kier alpha value is -0.870. The third-order valence-electron chi connectivity index (χ3n) is 3.26. The van der Waals surface area contributed by atoms with Crippen LogP contribution in [0.15, 0.2) is 29.2 Å². The molecule has 1 atom stereocenters. The minimum atomic E-state index is -3.07. The van der Waals surface area contributed by atoms with E-state index in [9.17, 15) is 8.42 Å². The van der Waals surface area contributed by atoms with Gasteiger partial charge in [-0.25, -0.2) is 8.42 Å². The molecular formula is C14H23NO2S. The normalized spacial score (nSPS) is 13.5. The fourth-order valence-electron chi connectivity index (χ4n) is 1.98. The van der Waals surface area contributed by atoms with Crippen LogP contribution in [-0.4, -0.2) is 27.8 Å². The van der Waals surface area contributed by atoms with Crippen molar-refractivity contribution in [1.29, 1.82) is 0 Å². The summed E-state index contributed by atoms with van der Waals surface area (Å²) < 4.78 is 23.4. The number of sulfone groups is 1. The molecule has 0 bridgehead atoms. The molecule has 0 aliphatic carbocycles. The zero-order chi connectivity index (χ0) is 13.6. The second kappa shape index (κ2) is 6.90. The fourth-order valence-corrected chi connectivity index (χ4v) is 2.87. The van der Waals surface area contributed by atoms with E-state index in [1.807, 2.05) is 19.2 Å². The predicted octanol–water partition coefficient (Wildman–Crippen LogP) is 2.27. The first-order valence-corrected chi connectivity index (χ1v) is 8.15. The van der Waals surface area contributed by atoms with Gasteiger partial charge in [0, 0.05) is 0 Å². The van der Waals surface area contributed by atoms with E-state index >= 15 is 0 Å². The molecule has 1 unspecified atom stereocenters. The summed E-state index contributed by atoms with van der Waals surface area (Å²) >= 11 is 0. The Morgan fingerprint density at radius 2 is 1.78 bits per heavy atom. The maximum absolute atomic E-state index is 11.7. The molecule has 4 heteroatoms. The fraction of sp³-hybridized carbons (Fsp3) is 0.571. The molecule has 3 nitrogen and oxygen atoms in total. The van der Waals surface area contributed by atoms with Crippen molar-refractivity contribution in [2.45, 2.75) is 31.6 Å². The number of nitrogens with one attached hydrogen (secondary N) is 1. The van der Waals surface area contributed by atoms with E-state index in [1.165, 1.54) is 5.56 Å². The second-order valence-corrected chi connectivity index (χ2v) is 6.86. The first-order valence-electron chi connectivity index (χ1n) is 6.49. The zero-order valence-electron chi connectivity index (χ0n) is 11.4. The Kier molecular flexibility index (Phi) is 5.82. The van der Waals surface area contributed by atoms with E-state index in [2.05, 4.69) is 12.2 Å². The lowest BCUT2D eigenvalue weighted by molar-refractivity contribution is 0.481. The van der Waals surface area contributed by atoms with Crippen LogP contribution in [0.3, 0.4) is 0 Å². The van der Waals surface area contributed by atoms with Gasteiger partial charge < -0.3 is 5.32 Å². The van der Waals surface area contributed by atoms with Gasteiger partial charge in [0.15, 0.2) is 9.84 Å². The number of hydrogen-bond acceptors (Lipinski definition) is 3. The Bertz CT molecular complexity index is 451. The van der Waals surface area contributed by atoms with Gasteiger partial charge in [-0.1, -0.05) is 32.4 Å². The SMILES string of the molecule is CCC(CNC)Cc1ccc(S(=O)(=O)CC)cc1. The van der Waals surface area contributed by atoms with Crippen LogP contribution in [0.4, 0.5) is 0 Å². The molecule has 0 aliphatic rings. The maximum Gasteiger partial charge on any atom is 0.178 e. The highest BCUT2D eigenvalue weighted by Crippen LogP contribution is 2.16. The molecule has 102 valence electrons.